The summed E-state index contributed by atoms with van der Waals surface area (Å²) in [7, 11) is 0. The van der Waals surface area contributed by atoms with Gasteiger partial charge < -0.3 is 15.1 Å². The second-order valence-electron chi connectivity index (χ2n) is 4.33. The molecule has 0 amide bonds. The molecular weight excluding hydrogens is 264 g/mol. The second kappa shape index (κ2) is 7.44. The van der Waals surface area contributed by atoms with Gasteiger partial charge in [-0.25, -0.2) is 4.79 Å². The van der Waals surface area contributed by atoms with Crippen molar-refractivity contribution in [2.45, 2.75) is 19.8 Å². The summed E-state index contributed by atoms with van der Waals surface area (Å²) in [6.45, 7) is 2.72. The Morgan fingerprint density at radius 2 is 2.10 bits per heavy atom. The Morgan fingerprint density at radius 3 is 2.60 bits per heavy atom. The number of nitro benzene ring substituents is 1. The molecule has 7 heteroatoms. The molecule has 0 saturated heterocycles. The van der Waals surface area contributed by atoms with Crippen LogP contribution in [0, 0.1) is 10.1 Å². The van der Waals surface area contributed by atoms with Crippen LogP contribution in [0.4, 0.5) is 11.4 Å². The highest BCUT2D eigenvalue weighted by Gasteiger charge is 2.21. The fourth-order valence-electron chi connectivity index (χ4n) is 1.89. The number of carboxylic acids is 1. The van der Waals surface area contributed by atoms with Gasteiger partial charge in [0.1, 0.15) is 5.69 Å². The van der Waals surface area contributed by atoms with Gasteiger partial charge in [-0.05, 0) is 18.6 Å². The summed E-state index contributed by atoms with van der Waals surface area (Å²) in [6.07, 6.45) is 1.75. The number of aliphatic hydroxyl groups is 1. The van der Waals surface area contributed by atoms with Gasteiger partial charge in [-0.2, -0.15) is 0 Å². The summed E-state index contributed by atoms with van der Waals surface area (Å²) in [5.74, 6) is -1.21. The van der Waals surface area contributed by atoms with E-state index in [1.54, 1.807) is 4.90 Å². The van der Waals surface area contributed by atoms with Crippen LogP contribution in [-0.2, 0) is 0 Å². The minimum atomic E-state index is -1.21. The van der Waals surface area contributed by atoms with Crippen molar-refractivity contribution < 1.29 is 19.9 Å². The molecule has 110 valence electrons. The Morgan fingerprint density at radius 1 is 1.40 bits per heavy atom. The fourth-order valence-corrected chi connectivity index (χ4v) is 1.89. The Bertz CT molecular complexity index is 490. The number of nitro groups is 1. The monoisotopic (exact) mass is 282 g/mol. The Kier molecular flexibility index (Phi) is 5.92. The smallest absolute Gasteiger partial charge is 0.335 e. The van der Waals surface area contributed by atoms with Crippen molar-refractivity contribution in [2.75, 3.05) is 24.6 Å². The summed E-state index contributed by atoms with van der Waals surface area (Å²) in [4.78, 5) is 23.1. The van der Waals surface area contributed by atoms with E-state index in [0.29, 0.717) is 12.2 Å². The van der Waals surface area contributed by atoms with Crippen LogP contribution in [-0.4, -0.2) is 40.8 Å². The SMILES string of the molecule is CCCCN(CCO)c1ccc(C(=O)O)cc1[N+](=O)[O-]. The standard InChI is InChI=1S/C13H18N2O5/c1-2-3-6-14(7-8-16)11-5-4-10(13(17)18)9-12(11)15(19)20/h4-5,9,16H,2-3,6-8H2,1H3,(H,17,18). The molecule has 1 aromatic rings. The van der Waals surface area contributed by atoms with Crippen LogP contribution >= 0.6 is 0 Å². The molecule has 0 fully saturated rings. The largest absolute Gasteiger partial charge is 0.478 e. The van der Waals surface area contributed by atoms with Crippen LogP contribution in [0.1, 0.15) is 30.1 Å². The van der Waals surface area contributed by atoms with Crippen molar-refractivity contribution in [1.29, 1.82) is 0 Å². The number of carboxylic acid groups (broad SMARTS) is 1. The van der Waals surface area contributed by atoms with Gasteiger partial charge in [0.05, 0.1) is 17.1 Å². The zero-order chi connectivity index (χ0) is 15.1. The van der Waals surface area contributed by atoms with Gasteiger partial charge in [0.2, 0.25) is 0 Å². The third-order valence-electron chi connectivity index (χ3n) is 2.91. The normalized spacial score (nSPS) is 10.3. The summed E-state index contributed by atoms with van der Waals surface area (Å²) in [5, 5.41) is 29.1. The lowest BCUT2D eigenvalue weighted by atomic mass is 10.1. The van der Waals surface area contributed by atoms with Crippen molar-refractivity contribution in [3.05, 3.63) is 33.9 Å². The van der Waals surface area contributed by atoms with Gasteiger partial charge in [-0.15, -0.1) is 0 Å². The van der Waals surface area contributed by atoms with Gasteiger partial charge in [0.15, 0.2) is 0 Å². The quantitative estimate of drug-likeness (QED) is 0.557. The highest BCUT2D eigenvalue weighted by molar-refractivity contribution is 5.89. The maximum Gasteiger partial charge on any atom is 0.335 e. The number of carbonyl (C=O) groups is 1. The molecule has 0 aliphatic carbocycles. The predicted octanol–water partition coefficient (Wildman–Crippen LogP) is 1.89. The third kappa shape index (κ3) is 3.92. The molecule has 0 spiro atoms. The van der Waals surface area contributed by atoms with Crippen LogP contribution in [0.2, 0.25) is 0 Å². The van der Waals surface area contributed by atoms with Crippen molar-refractivity contribution in [3.63, 3.8) is 0 Å². The Labute approximate surface area is 116 Å². The minimum absolute atomic E-state index is 0.123. The predicted molar refractivity (Wildman–Crippen MR) is 74.3 cm³/mol. The zero-order valence-corrected chi connectivity index (χ0v) is 11.3. The summed E-state index contributed by atoms with van der Waals surface area (Å²) in [5.41, 5.74) is -0.0446. The van der Waals surface area contributed by atoms with E-state index < -0.39 is 10.9 Å². The number of nitrogens with zero attached hydrogens (tertiary/aromatic N) is 2. The fraction of sp³-hybridized carbons (Fsp3) is 0.462. The number of rotatable bonds is 8. The molecule has 20 heavy (non-hydrogen) atoms. The first-order valence-corrected chi connectivity index (χ1v) is 6.38. The molecule has 0 bridgehead atoms. The van der Waals surface area contributed by atoms with Crippen LogP contribution in [0.25, 0.3) is 0 Å². The summed E-state index contributed by atoms with van der Waals surface area (Å²) in [6, 6.07) is 3.81. The maximum atomic E-state index is 11.1. The lowest BCUT2D eigenvalue weighted by molar-refractivity contribution is -0.384. The molecule has 1 rings (SSSR count). The van der Waals surface area contributed by atoms with Crippen molar-refractivity contribution in [3.8, 4) is 0 Å². The third-order valence-corrected chi connectivity index (χ3v) is 2.91. The minimum Gasteiger partial charge on any atom is -0.478 e. The first-order chi connectivity index (χ1) is 9.51. The van der Waals surface area contributed by atoms with Gasteiger partial charge in [-0.3, -0.25) is 10.1 Å². The van der Waals surface area contributed by atoms with Gasteiger partial charge in [-0.1, -0.05) is 13.3 Å². The maximum absolute atomic E-state index is 11.1. The molecule has 0 saturated carbocycles. The van der Waals surface area contributed by atoms with Crippen LogP contribution in [0.5, 0.6) is 0 Å². The first-order valence-electron chi connectivity index (χ1n) is 6.38. The van der Waals surface area contributed by atoms with Crippen molar-refractivity contribution >= 4 is 17.3 Å². The first kappa shape index (κ1) is 15.9. The summed E-state index contributed by atoms with van der Waals surface area (Å²) < 4.78 is 0. The molecule has 2 N–H and O–H groups in total. The molecule has 1 aromatic carbocycles. The molecule has 0 aliphatic rings. The molecule has 0 atom stereocenters. The van der Waals surface area contributed by atoms with E-state index >= 15 is 0 Å². The number of aliphatic hydroxyl groups excluding tert-OH is 1. The van der Waals surface area contributed by atoms with E-state index in [1.165, 1.54) is 12.1 Å². The van der Waals surface area contributed by atoms with Crippen molar-refractivity contribution in [2.24, 2.45) is 0 Å². The van der Waals surface area contributed by atoms with Crippen LogP contribution in [0.15, 0.2) is 18.2 Å². The topological polar surface area (TPSA) is 104 Å². The molecule has 0 aromatic heterocycles. The number of hydrogen-bond acceptors (Lipinski definition) is 5. The average Bonchev–Trinajstić information content (AvgIpc) is 2.42. The highest BCUT2D eigenvalue weighted by atomic mass is 16.6. The molecular formula is C13H18N2O5. The van der Waals surface area contributed by atoms with Gasteiger partial charge in [0, 0.05) is 19.2 Å². The van der Waals surface area contributed by atoms with Crippen LogP contribution < -0.4 is 4.90 Å². The molecule has 0 radical (unpaired) electrons. The van der Waals surface area contributed by atoms with E-state index in [2.05, 4.69) is 0 Å². The molecule has 0 unspecified atom stereocenters. The lowest BCUT2D eigenvalue weighted by Crippen LogP contribution is -2.28. The van der Waals surface area contributed by atoms with E-state index in [0.717, 1.165) is 18.9 Å². The highest BCUT2D eigenvalue weighted by Crippen LogP contribution is 2.29. The van der Waals surface area contributed by atoms with Gasteiger partial charge >= 0.3 is 5.97 Å². The van der Waals surface area contributed by atoms with Gasteiger partial charge in [0.25, 0.3) is 5.69 Å². The molecule has 0 heterocycles. The second-order valence-corrected chi connectivity index (χ2v) is 4.33. The number of hydrogen-bond donors (Lipinski definition) is 2. The van der Waals surface area contributed by atoms with E-state index in [9.17, 15) is 14.9 Å². The Balaban J connectivity index is 3.18. The molecule has 0 aliphatic heterocycles. The van der Waals surface area contributed by atoms with Crippen molar-refractivity contribution in [1.82, 2.24) is 0 Å². The zero-order valence-electron chi connectivity index (χ0n) is 11.3. The Hall–Kier alpha value is -2.15. The van der Waals surface area contributed by atoms with E-state index in [-0.39, 0.29) is 24.4 Å². The number of aromatic carboxylic acids is 1. The average molecular weight is 282 g/mol. The van der Waals surface area contributed by atoms with E-state index in [4.69, 9.17) is 10.2 Å². The van der Waals surface area contributed by atoms with E-state index in [1.807, 2.05) is 6.92 Å². The molecule has 7 nitrogen and oxygen atoms in total. The number of benzene rings is 1. The van der Waals surface area contributed by atoms with Crippen LogP contribution in [0.3, 0.4) is 0 Å². The lowest BCUT2D eigenvalue weighted by Gasteiger charge is -2.23. The number of anilines is 1. The summed E-state index contributed by atoms with van der Waals surface area (Å²) >= 11 is 0. The number of unbranched alkanes of at least 4 members (excludes halogenated alkanes) is 1.